The lowest BCUT2D eigenvalue weighted by molar-refractivity contribution is 0.390. The number of hydrogen-bond acceptors (Lipinski definition) is 5. The summed E-state index contributed by atoms with van der Waals surface area (Å²) in [6, 6.07) is 4.89. The first-order valence-corrected chi connectivity index (χ1v) is 7.84. The molecule has 0 aliphatic carbocycles. The van der Waals surface area contributed by atoms with Crippen molar-refractivity contribution in [1.82, 2.24) is 15.1 Å². The number of imidazole rings is 1. The van der Waals surface area contributed by atoms with Gasteiger partial charge in [0.05, 0.1) is 16.7 Å². The van der Waals surface area contributed by atoms with Crippen molar-refractivity contribution >= 4 is 38.3 Å². The van der Waals surface area contributed by atoms with Crippen molar-refractivity contribution in [1.29, 1.82) is 0 Å². The van der Waals surface area contributed by atoms with E-state index in [1.807, 2.05) is 0 Å². The van der Waals surface area contributed by atoms with Gasteiger partial charge in [-0.15, -0.1) is 0 Å². The molecule has 0 fully saturated rings. The molecule has 0 saturated carbocycles. The van der Waals surface area contributed by atoms with E-state index in [9.17, 15) is 8.42 Å². The predicted octanol–water partition coefficient (Wildman–Crippen LogP) is 2.62. The third-order valence-corrected chi connectivity index (χ3v) is 4.75. The Balaban J connectivity index is 2.01. The molecule has 0 saturated heterocycles. The van der Waals surface area contributed by atoms with Crippen LogP contribution in [0.4, 0.5) is 5.69 Å². The van der Waals surface area contributed by atoms with Crippen LogP contribution in [0.5, 0.6) is 0 Å². The number of aromatic amines is 1. The summed E-state index contributed by atoms with van der Waals surface area (Å²) in [6.45, 7) is 3.12. The number of halogens is 1. The smallest absolute Gasteiger partial charge is 0.267 e. The van der Waals surface area contributed by atoms with Crippen molar-refractivity contribution in [2.24, 2.45) is 0 Å². The molecule has 0 unspecified atom stereocenters. The van der Waals surface area contributed by atoms with Crippen molar-refractivity contribution in [3.8, 4) is 0 Å². The summed E-state index contributed by atoms with van der Waals surface area (Å²) >= 11 is 5.77. The Bertz CT molecular complexity index is 910. The van der Waals surface area contributed by atoms with Crippen LogP contribution in [0.3, 0.4) is 0 Å². The van der Waals surface area contributed by atoms with Gasteiger partial charge in [-0.1, -0.05) is 5.16 Å². The maximum Gasteiger partial charge on any atom is 0.267 e. The Labute approximate surface area is 125 Å². The van der Waals surface area contributed by atoms with Gasteiger partial charge < -0.3 is 9.51 Å². The molecule has 2 heterocycles. The van der Waals surface area contributed by atoms with Gasteiger partial charge in [-0.3, -0.25) is 4.72 Å². The molecule has 0 atom stereocenters. The largest absolute Gasteiger partial charge is 0.360 e. The van der Waals surface area contributed by atoms with E-state index in [-0.39, 0.29) is 15.9 Å². The molecule has 2 aromatic heterocycles. The monoisotopic (exact) mass is 326 g/mol. The van der Waals surface area contributed by atoms with Crippen molar-refractivity contribution in [3.05, 3.63) is 34.9 Å². The van der Waals surface area contributed by atoms with Gasteiger partial charge in [-0.05, 0) is 43.6 Å². The van der Waals surface area contributed by atoms with Crippen molar-refractivity contribution in [2.75, 3.05) is 4.72 Å². The third kappa shape index (κ3) is 2.47. The molecule has 9 heteroatoms. The molecular weight excluding hydrogens is 316 g/mol. The highest BCUT2D eigenvalue weighted by Gasteiger charge is 2.24. The molecule has 7 nitrogen and oxygen atoms in total. The predicted molar refractivity (Wildman–Crippen MR) is 77.9 cm³/mol. The van der Waals surface area contributed by atoms with Crippen molar-refractivity contribution in [3.63, 3.8) is 0 Å². The van der Waals surface area contributed by atoms with Gasteiger partial charge in [-0.2, -0.15) is 0 Å². The third-order valence-electron chi connectivity index (χ3n) is 2.94. The maximum atomic E-state index is 12.4. The summed E-state index contributed by atoms with van der Waals surface area (Å²) in [7, 11) is -3.77. The van der Waals surface area contributed by atoms with Crippen LogP contribution in [0.25, 0.3) is 11.0 Å². The Morgan fingerprint density at radius 2 is 2.10 bits per heavy atom. The lowest BCUT2D eigenvalue weighted by atomic mass is 10.3. The molecule has 1 aromatic carbocycles. The van der Waals surface area contributed by atoms with E-state index in [0.717, 1.165) is 0 Å². The topological polar surface area (TPSA) is 101 Å². The number of fused-ring (bicyclic) bond motifs is 1. The summed E-state index contributed by atoms with van der Waals surface area (Å²) < 4.78 is 32.1. The SMILES string of the molecule is Cc1noc(C)c1S(=O)(=O)Nc1ccc2nc(Cl)[nH]c2c1. The molecule has 0 bridgehead atoms. The average Bonchev–Trinajstić information content (AvgIpc) is 2.90. The molecular formula is C12H11ClN4O3S. The Hall–Kier alpha value is -2.06. The summed E-state index contributed by atoms with van der Waals surface area (Å²) in [4.78, 5) is 6.91. The van der Waals surface area contributed by atoms with E-state index in [1.165, 1.54) is 0 Å². The second-order valence-electron chi connectivity index (χ2n) is 4.52. The van der Waals surface area contributed by atoms with Crippen LogP contribution in [0, 0.1) is 13.8 Å². The van der Waals surface area contributed by atoms with Crippen LogP contribution in [-0.4, -0.2) is 23.5 Å². The number of aromatic nitrogens is 3. The molecule has 0 radical (unpaired) electrons. The normalized spacial score (nSPS) is 12.0. The van der Waals surface area contributed by atoms with E-state index in [1.54, 1.807) is 32.0 Å². The molecule has 3 rings (SSSR count). The molecule has 110 valence electrons. The highest BCUT2D eigenvalue weighted by Crippen LogP contribution is 2.24. The Morgan fingerprint density at radius 3 is 2.76 bits per heavy atom. The number of sulfonamides is 1. The number of aryl methyl sites for hydroxylation is 2. The molecule has 21 heavy (non-hydrogen) atoms. The number of rotatable bonds is 3. The molecule has 0 aliphatic rings. The van der Waals surface area contributed by atoms with Gasteiger partial charge in [-0.25, -0.2) is 13.4 Å². The first-order valence-electron chi connectivity index (χ1n) is 5.98. The van der Waals surface area contributed by atoms with Crippen LogP contribution in [-0.2, 0) is 10.0 Å². The second-order valence-corrected chi connectivity index (χ2v) is 6.50. The van der Waals surface area contributed by atoms with Crippen molar-refractivity contribution in [2.45, 2.75) is 18.7 Å². The zero-order chi connectivity index (χ0) is 15.2. The van der Waals surface area contributed by atoms with Gasteiger partial charge in [0, 0.05) is 0 Å². The summed E-state index contributed by atoms with van der Waals surface area (Å²) in [6.07, 6.45) is 0. The summed E-state index contributed by atoms with van der Waals surface area (Å²) in [5.41, 5.74) is 1.99. The molecule has 2 N–H and O–H groups in total. The van der Waals surface area contributed by atoms with Gasteiger partial charge in [0.15, 0.2) is 10.7 Å². The second kappa shape index (κ2) is 4.74. The van der Waals surface area contributed by atoms with Gasteiger partial charge in [0.1, 0.15) is 5.69 Å². The highest BCUT2D eigenvalue weighted by molar-refractivity contribution is 7.92. The number of hydrogen-bond donors (Lipinski definition) is 2. The molecule has 0 amide bonds. The van der Waals surface area contributed by atoms with E-state index in [4.69, 9.17) is 16.1 Å². The first kappa shape index (κ1) is 13.9. The minimum Gasteiger partial charge on any atom is -0.360 e. The highest BCUT2D eigenvalue weighted by atomic mass is 35.5. The fourth-order valence-electron chi connectivity index (χ4n) is 2.11. The van der Waals surface area contributed by atoms with E-state index >= 15 is 0 Å². The number of H-pyrrole nitrogens is 1. The molecule has 0 aliphatic heterocycles. The minimum absolute atomic E-state index is 0.0465. The lowest BCUT2D eigenvalue weighted by Gasteiger charge is -2.07. The first-order chi connectivity index (χ1) is 9.87. The minimum atomic E-state index is -3.77. The summed E-state index contributed by atoms with van der Waals surface area (Å²) in [5.74, 6) is 0.241. The number of nitrogens with one attached hydrogen (secondary N) is 2. The zero-order valence-corrected chi connectivity index (χ0v) is 12.7. The van der Waals surface area contributed by atoms with Crippen LogP contribution in [0.1, 0.15) is 11.5 Å². The molecule has 3 aromatic rings. The zero-order valence-electron chi connectivity index (χ0n) is 11.1. The average molecular weight is 327 g/mol. The van der Waals surface area contributed by atoms with Crippen LogP contribution in [0.15, 0.2) is 27.6 Å². The Morgan fingerprint density at radius 1 is 1.33 bits per heavy atom. The Kier molecular flexibility index (Phi) is 3.14. The van der Waals surface area contributed by atoms with Gasteiger partial charge in [0.2, 0.25) is 5.28 Å². The number of anilines is 1. The number of nitrogens with zero attached hydrogens (tertiary/aromatic N) is 2. The fraction of sp³-hybridized carbons (Fsp3) is 0.167. The van der Waals surface area contributed by atoms with E-state index < -0.39 is 10.0 Å². The standard InChI is InChI=1S/C12H11ClN4O3S/c1-6-11(7(2)20-16-6)21(18,19)17-8-3-4-9-10(5-8)15-12(13)14-9/h3-5,17H,1-2H3,(H,14,15). The van der Waals surface area contributed by atoms with Crippen LogP contribution >= 0.6 is 11.6 Å². The number of benzene rings is 1. The van der Waals surface area contributed by atoms with E-state index in [2.05, 4.69) is 19.8 Å². The van der Waals surface area contributed by atoms with Crippen LogP contribution < -0.4 is 4.72 Å². The summed E-state index contributed by atoms with van der Waals surface area (Å²) in [5, 5.41) is 3.90. The van der Waals surface area contributed by atoms with Gasteiger partial charge in [0.25, 0.3) is 10.0 Å². The van der Waals surface area contributed by atoms with Crippen LogP contribution in [0.2, 0.25) is 5.28 Å². The maximum absolute atomic E-state index is 12.4. The fourth-order valence-corrected chi connectivity index (χ4v) is 3.68. The molecule has 0 spiro atoms. The lowest BCUT2D eigenvalue weighted by Crippen LogP contribution is -2.14. The van der Waals surface area contributed by atoms with Crippen molar-refractivity contribution < 1.29 is 12.9 Å². The van der Waals surface area contributed by atoms with E-state index in [0.29, 0.717) is 22.4 Å². The van der Waals surface area contributed by atoms with Gasteiger partial charge >= 0.3 is 0 Å². The quantitative estimate of drug-likeness (QED) is 0.770.